The van der Waals surface area contributed by atoms with E-state index in [4.69, 9.17) is 0 Å². The van der Waals surface area contributed by atoms with Gasteiger partial charge >= 0.3 is 0 Å². The van der Waals surface area contributed by atoms with Crippen LogP contribution in [0.5, 0.6) is 0 Å². The molecule has 18 heavy (non-hydrogen) atoms. The van der Waals surface area contributed by atoms with Gasteiger partial charge in [0.25, 0.3) is 0 Å². The number of imide groups is 1. The number of amides is 2. The molecule has 4 nitrogen and oxygen atoms in total. The standard InChI is InChI=1S/C14H21NO3/c1-8-5-6-9-10(7-8)14(18)15(13(9)17)11-3-2-4-12(11)16/h8-12,16H,2-7H2,1H3. The Kier molecular flexibility index (Phi) is 2.93. The molecule has 5 unspecified atom stereocenters. The molecule has 2 amide bonds. The van der Waals surface area contributed by atoms with E-state index in [1.54, 1.807) is 0 Å². The van der Waals surface area contributed by atoms with Gasteiger partial charge in [0.1, 0.15) is 0 Å². The zero-order chi connectivity index (χ0) is 12.9. The van der Waals surface area contributed by atoms with Crippen molar-refractivity contribution in [2.75, 3.05) is 0 Å². The van der Waals surface area contributed by atoms with Crippen LogP contribution < -0.4 is 0 Å². The number of fused-ring (bicyclic) bond motifs is 1. The van der Waals surface area contributed by atoms with Crippen molar-refractivity contribution in [3.05, 3.63) is 0 Å². The molecule has 0 radical (unpaired) electrons. The molecule has 3 rings (SSSR count). The van der Waals surface area contributed by atoms with Gasteiger partial charge in [-0.25, -0.2) is 0 Å². The van der Waals surface area contributed by atoms with Crippen molar-refractivity contribution in [3.8, 4) is 0 Å². The van der Waals surface area contributed by atoms with E-state index < -0.39 is 6.10 Å². The molecule has 0 aromatic rings. The number of hydrogen-bond donors (Lipinski definition) is 1. The summed E-state index contributed by atoms with van der Waals surface area (Å²) in [5.74, 6) is 0.317. The summed E-state index contributed by atoms with van der Waals surface area (Å²) < 4.78 is 0. The lowest BCUT2D eigenvalue weighted by atomic mass is 9.76. The molecule has 0 aromatic heterocycles. The molecule has 2 saturated carbocycles. The van der Waals surface area contributed by atoms with Gasteiger partial charge in [-0.3, -0.25) is 14.5 Å². The number of likely N-dealkylation sites (tertiary alicyclic amines) is 1. The van der Waals surface area contributed by atoms with Crippen LogP contribution in [0.25, 0.3) is 0 Å². The summed E-state index contributed by atoms with van der Waals surface area (Å²) in [7, 11) is 0. The highest BCUT2D eigenvalue weighted by Gasteiger charge is 2.53. The maximum atomic E-state index is 12.4. The summed E-state index contributed by atoms with van der Waals surface area (Å²) in [4.78, 5) is 26.2. The van der Waals surface area contributed by atoms with Crippen LogP contribution in [0.4, 0.5) is 0 Å². The third-order valence-electron chi connectivity index (χ3n) is 5.00. The third kappa shape index (κ3) is 1.69. The van der Waals surface area contributed by atoms with E-state index in [0.29, 0.717) is 12.3 Å². The predicted octanol–water partition coefficient (Wildman–Crippen LogP) is 1.32. The Morgan fingerprint density at radius 2 is 1.78 bits per heavy atom. The minimum absolute atomic E-state index is 0.0112. The molecule has 5 atom stereocenters. The highest BCUT2D eigenvalue weighted by atomic mass is 16.3. The number of hydrogen-bond acceptors (Lipinski definition) is 3. The summed E-state index contributed by atoms with van der Waals surface area (Å²) in [5, 5.41) is 9.92. The summed E-state index contributed by atoms with van der Waals surface area (Å²) in [6.45, 7) is 2.15. The van der Waals surface area contributed by atoms with E-state index in [2.05, 4.69) is 6.92 Å². The molecule has 1 heterocycles. The second-order valence-electron chi connectivity index (χ2n) is 6.24. The van der Waals surface area contributed by atoms with Crippen LogP contribution in [0, 0.1) is 17.8 Å². The van der Waals surface area contributed by atoms with E-state index >= 15 is 0 Å². The summed E-state index contributed by atoms with van der Waals surface area (Å²) in [5.41, 5.74) is 0. The monoisotopic (exact) mass is 251 g/mol. The van der Waals surface area contributed by atoms with Crippen molar-refractivity contribution in [1.82, 2.24) is 4.90 Å². The lowest BCUT2D eigenvalue weighted by molar-refractivity contribution is -0.144. The average Bonchev–Trinajstić information content (AvgIpc) is 2.84. The molecule has 3 fully saturated rings. The van der Waals surface area contributed by atoms with Crippen LogP contribution in [0.15, 0.2) is 0 Å². The van der Waals surface area contributed by atoms with Gasteiger partial charge < -0.3 is 5.11 Å². The van der Waals surface area contributed by atoms with E-state index in [-0.39, 0.29) is 29.7 Å². The van der Waals surface area contributed by atoms with Gasteiger partial charge in [0, 0.05) is 0 Å². The molecule has 1 saturated heterocycles. The third-order valence-corrected chi connectivity index (χ3v) is 5.00. The highest BCUT2D eigenvalue weighted by molar-refractivity contribution is 6.05. The first-order valence-corrected chi connectivity index (χ1v) is 7.14. The molecule has 100 valence electrons. The second-order valence-corrected chi connectivity index (χ2v) is 6.24. The molecular formula is C14H21NO3. The molecule has 1 aliphatic heterocycles. The zero-order valence-electron chi connectivity index (χ0n) is 10.8. The highest BCUT2D eigenvalue weighted by Crippen LogP contribution is 2.42. The predicted molar refractivity (Wildman–Crippen MR) is 65.5 cm³/mol. The van der Waals surface area contributed by atoms with Gasteiger partial charge in [-0.15, -0.1) is 0 Å². The summed E-state index contributed by atoms with van der Waals surface area (Å²) in [6.07, 6.45) is 4.62. The van der Waals surface area contributed by atoms with Gasteiger partial charge in [0.15, 0.2) is 0 Å². The fraction of sp³-hybridized carbons (Fsp3) is 0.857. The van der Waals surface area contributed by atoms with Crippen LogP contribution in [0.1, 0.15) is 45.4 Å². The molecule has 0 spiro atoms. The number of carbonyl (C=O) groups excluding carboxylic acids is 2. The van der Waals surface area contributed by atoms with E-state index in [0.717, 1.165) is 32.1 Å². The van der Waals surface area contributed by atoms with Crippen LogP contribution in [0.2, 0.25) is 0 Å². The first-order chi connectivity index (χ1) is 8.59. The number of carbonyl (C=O) groups is 2. The van der Waals surface area contributed by atoms with Gasteiger partial charge in [0.05, 0.1) is 24.0 Å². The Hall–Kier alpha value is -0.900. The largest absolute Gasteiger partial charge is 0.391 e. The number of aliphatic hydroxyl groups is 1. The quantitative estimate of drug-likeness (QED) is 0.715. The lowest BCUT2D eigenvalue weighted by Gasteiger charge is -2.25. The molecule has 1 N–H and O–H groups in total. The van der Waals surface area contributed by atoms with E-state index in [1.807, 2.05) is 0 Å². The zero-order valence-corrected chi connectivity index (χ0v) is 10.8. The summed E-state index contributed by atoms with van der Waals surface area (Å²) >= 11 is 0. The van der Waals surface area contributed by atoms with Crippen LogP contribution in [-0.4, -0.2) is 34.0 Å². The van der Waals surface area contributed by atoms with Gasteiger partial charge in [-0.2, -0.15) is 0 Å². The molecule has 0 bridgehead atoms. The minimum Gasteiger partial charge on any atom is -0.391 e. The Labute approximate surface area is 107 Å². The maximum absolute atomic E-state index is 12.4. The van der Waals surface area contributed by atoms with Crippen molar-refractivity contribution >= 4 is 11.8 Å². The van der Waals surface area contributed by atoms with E-state index in [9.17, 15) is 14.7 Å². The minimum atomic E-state index is -0.504. The summed E-state index contributed by atoms with van der Waals surface area (Å²) in [6, 6.07) is -0.245. The SMILES string of the molecule is CC1CCC2C(=O)N(C3CCCC3O)C(=O)C2C1. The molecular weight excluding hydrogens is 230 g/mol. The lowest BCUT2D eigenvalue weighted by Crippen LogP contribution is -2.44. The fourth-order valence-electron chi connectivity index (χ4n) is 3.96. The normalized spacial score (nSPS) is 44.6. The van der Waals surface area contributed by atoms with E-state index in [1.165, 1.54) is 4.90 Å². The maximum Gasteiger partial charge on any atom is 0.233 e. The number of aliphatic hydroxyl groups excluding tert-OH is 1. The second kappa shape index (κ2) is 4.34. The number of rotatable bonds is 1. The van der Waals surface area contributed by atoms with Crippen molar-refractivity contribution in [3.63, 3.8) is 0 Å². The average molecular weight is 251 g/mol. The molecule has 4 heteroatoms. The Morgan fingerprint density at radius 1 is 1.06 bits per heavy atom. The molecule has 3 aliphatic rings. The smallest absolute Gasteiger partial charge is 0.233 e. The molecule has 0 aromatic carbocycles. The van der Waals surface area contributed by atoms with Crippen molar-refractivity contribution < 1.29 is 14.7 Å². The Morgan fingerprint density at radius 3 is 2.44 bits per heavy atom. The fourth-order valence-corrected chi connectivity index (χ4v) is 3.96. The first-order valence-electron chi connectivity index (χ1n) is 7.14. The van der Waals surface area contributed by atoms with Crippen molar-refractivity contribution in [1.29, 1.82) is 0 Å². The Balaban J connectivity index is 1.84. The van der Waals surface area contributed by atoms with Crippen LogP contribution in [0.3, 0.4) is 0 Å². The first kappa shape index (κ1) is 12.2. The van der Waals surface area contributed by atoms with Gasteiger partial charge in [-0.05, 0) is 44.4 Å². The van der Waals surface area contributed by atoms with Crippen LogP contribution in [-0.2, 0) is 9.59 Å². The van der Waals surface area contributed by atoms with Gasteiger partial charge in [-0.1, -0.05) is 6.92 Å². The molecule has 2 aliphatic carbocycles. The van der Waals surface area contributed by atoms with Crippen molar-refractivity contribution in [2.45, 2.75) is 57.6 Å². The van der Waals surface area contributed by atoms with Crippen LogP contribution >= 0.6 is 0 Å². The van der Waals surface area contributed by atoms with Gasteiger partial charge in [0.2, 0.25) is 11.8 Å². The van der Waals surface area contributed by atoms with Crippen molar-refractivity contribution in [2.24, 2.45) is 17.8 Å². The number of nitrogens with zero attached hydrogens (tertiary/aromatic N) is 1. The Bertz CT molecular complexity index is 381. The topological polar surface area (TPSA) is 57.6 Å².